The van der Waals surface area contributed by atoms with Gasteiger partial charge in [-0.1, -0.05) is 35.9 Å². The minimum absolute atomic E-state index is 0.306. The van der Waals surface area contributed by atoms with E-state index in [1.165, 1.54) is 0 Å². The fourth-order valence-corrected chi connectivity index (χ4v) is 2.27. The van der Waals surface area contributed by atoms with Crippen molar-refractivity contribution in [3.05, 3.63) is 41.0 Å². The normalized spacial score (nSPS) is 14.2. The van der Waals surface area contributed by atoms with Crippen LogP contribution in [0.4, 0.5) is 0 Å². The van der Waals surface area contributed by atoms with Crippen LogP contribution in [0.25, 0.3) is 6.08 Å². The molecular formula is C20H28O4. The molecule has 4 heteroatoms. The summed E-state index contributed by atoms with van der Waals surface area (Å²) < 4.78 is 5.55. The largest absolute Gasteiger partial charge is 0.481 e. The van der Waals surface area contributed by atoms with Crippen molar-refractivity contribution in [2.75, 3.05) is 0 Å². The second-order valence-electron chi connectivity index (χ2n) is 7.66. The van der Waals surface area contributed by atoms with E-state index < -0.39 is 22.9 Å². The number of hydrogen-bond acceptors (Lipinski definition) is 3. The van der Waals surface area contributed by atoms with Gasteiger partial charge in [-0.2, -0.15) is 0 Å². The SMILES string of the molecule is C/C(=C\c1ccccc1C(C)(C)C(=O)OC(C)(C)C)C(C)C(=O)O. The van der Waals surface area contributed by atoms with Crippen LogP contribution in [0.5, 0.6) is 0 Å². The van der Waals surface area contributed by atoms with Crippen molar-refractivity contribution in [3.8, 4) is 0 Å². The zero-order valence-electron chi connectivity index (χ0n) is 15.6. The number of aliphatic carboxylic acids is 1. The Morgan fingerprint density at radius 1 is 1.12 bits per heavy atom. The van der Waals surface area contributed by atoms with Gasteiger partial charge < -0.3 is 9.84 Å². The van der Waals surface area contributed by atoms with Gasteiger partial charge in [-0.15, -0.1) is 0 Å². The van der Waals surface area contributed by atoms with Crippen LogP contribution in [0.2, 0.25) is 0 Å². The summed E-state index contributed by atoms with van der Waals surface area (Å²) >= 11 is 0. The molecule has 0 aliphatic rings. The highest BCUT2D eigenvalue weighted by Crippen LogP contribution is 2.31. The van der Waals surface area contributed by atoms with Gasteiger partial charge in [-0.3, -0.25) is 9.59 Å². The number of carboxylic acid groups (broad SMARTS) is 1. The Bertz CT molecular complexity index is 648. The standard InChI is InChI=1S/C20H28O4/c1-13(14(2)17(21)22)12-15-10-8-9-11-16(15)20(6,7)18(23)24-19(3,4)5/h8-12,14H,1-7H3,(H,21,22)/b13-12+. The summed E-state index contributed by atoms with van der Waals surface area (Å²) in [5, 5.41) is 9.16. The molecule has 0 aliphatic carbocycles. The quantitative estimate of drug-likeness (QED) is 0.810. The second kappa shape index (κ2) is 7.20. The number of carbonyl (C=O) groups excluding carboxylic acids is 1. The molecule has 0 fully saturated rings. The summed E-state index contributed by atoms with van der Waals surface area (Å²) in [5.41, 5.74) is 0.977. The van der Waals surface area contributed by atoms with E-state index in [1.807, 2.05) is 65.0 Å². The summed E-state index contributed by atoms with van der Waals surface area (Å²) in [6, 6.07) is 7.52. The van der Waals surface area contributed by atoms with E-state index in [0.717, 1.165) is 16.7 Å². The Morgan fingerprint density at radius 3 is 2.17 bits per heavy atom. The van der Waals surface area contributed by atoms with E-state index in [9.17, 15) is 9.59 Å². The maximum Gasteiger partial charge on any atom is 0.316 e. The Hall–Kier alpha value is -2.10. The van der Waals surface area contributed by atoms with E-state index >= 15 is 0 Å². The van der Waals surface area contributed by atoms with Gasteiger partial charge in [0.2, 0.25) is 0 Å². The van der Waals surface area contributed by atoms with Gasteiger partial charge in [0.05, 0.1) is 11.3 Å². The average molecular weight is 332 g/mol. The molecule has 132 valence electrons. The highest BCUT2D eigenvalue weighted by atomic mass is 16.6. The molecule has 1 aromatic rings. The molecule has 1 aromatic carbocycles. The van der Waals surface area contributed by atoms with E-state index in [4.69, 9.17) is 9.84 Å². The Balaban J connectivity index is 3.29. The van der Waals surface area contributed by atoms with Crippen LogP contribution in [-0.4, -0.2) is 22.6 Å². The molecule has 0 radical (unpaired) electrons. The lowest BCUT2D eigenvalue weighted by atomic mass is 9.81. The predicted octanol–water partition coefficient (Wildman–Crippen LogP) is 4.43. The van der Waals surface area contributed by atoms with Gasteiger partial charge in [0.25, 0.3) is 0 Å². The third-order valence-electron chi connectivity index (χ3n) is 3.98. The Kier molecular flexibility index (Phi) is 5.99. The first-order chi connectivity index (χ1) is 10.9. The van der Waals surface area contributed by atoms with Gasteiger partial charge in [0.15, 0.2) is 0 Å². The van der Waals surface area contributed by atoms with Crippen molar-refractivity contribution < 1.29 is 19.4 Å². The van der Waals surface area contributed by atoms with Crippen LogP contribution in [0.15, 0.2) is 29.8 Å². The van der Waals surface area contributed by atoms with E-state index in [-0.39, 0.29) is 5.97 Å². The molecule has 0 heterocycles. The summed E-state index contributed by atoms with van der Waals surface area (Å²) in [4.78, 5) is 23.8. The van der Waals surface area contributed by atoms with Gasteiger partial charge in [-0.25, -0.2) is 0 Å². The zero-order chi connectivity index (χ0) is 18.7. The number of esters is 1. The smallest absolute Gasteiger partial charge is 0.316 e. The van der Waals surface area contributed by atoms with Crippen LogP contribution in [0.3, 0.4) is 0 Å². The van der Waals surface area contributed by atoms with Crippen molar-refractivity contribution in [1.82, 2.24) is 0 Å². The number of ether oxygens (including phenoxy) is 1. The summed E-state index contributed by atoms with van der Waals surface area (Å²) in [5.74, 6) is -1.75. The van der Waals surface area contributed by atoms with Crippen molar-refractivity contribution in [2.45, 2.75) is 59.5 Å². The maximum atomic E-state index is 12.6. The monoisotopic (exact) mass is 332 g/mol. The molecule has 0 spiro atoms. The van der Waals surface area contributed by atoms with E-state index in [0.29, 0.717) is 0 Å². The van der Waals surface area contributed by atoms with Gasteiger partial charge in [0.1, 0.15) is 5.60 Å². The van der Waals surface area contributed by atoms with Crippen molar-refractivity contribution in [3.63, 3.8) is 0 Å². The highest BCUT2D eigenvalue weighted by molar-refractivity contribution is 5.84. The third kappa shape index (κ3) is 4.95. The van der Waals surface area contributed by atoms with Gasteiger partial charge in [0, 0.05) is 0 Å². The molecule has 0 saturated carbocycles. The van der Waals surface area contributed by atoms with Crippen molar-refractivity contribution in [1.29, 1.82) is 0 Å². The number of carbonyl (C=O) groups is 2. The molecule has 1 atom stereocenters. The molecule has 1 rings (SSSR count). The zero-order valence-corrected chi connectivity index (χ0v) is 15.6. The molecule has 24 heavy (non-hydrogen) atoms. The molecule has 0 aromatic heterocycles. The lowest BCUT2D eigenvalue weighted by Crippen LogP contribution is -2.37. The van der Waals surface area contributed by atoms with Crippen LogP contribution in [0.1, 0.15) is 59.6 Å². The molecular weight excluding hydrogens is 304 g/mol. The maximum absolute atomic E-state index is 12.6. The second-order valence-corrected chi connectivity index (χ2v) is 7.66. The van der Waals surface area contributed by atoms with Crippen LogP contribution >= 0.6 is 0 Å². The molecule has 1 N–H and O–H groups in total. The molecule has 0 bridgehead atoms. The van der Waals surface area contributed by atoms with Gasteiger partial charge in [-0.05, 0) is 59.6 Å². The predicted molar refractivity (Wildman–Crippen MR) is 95.8 cm³/mol. The van der Waals surface area contributed by atoms with Crippen LogP contribution in [-0.2, 0) is 19.7 Å². The molecule has 0 aliphatic heterocycles. The average Bonchev–Trinajstić information content (AvgIpc) is 2.44. The molecule has 0 saturated heterocycles. The number of hydrogen-bond donors (Lipinski definition) is 1. The first kappa shape index (κ1) is 19.9. The summed E-state index contributed by atoms with van der Waals surface area (Å²) in [6.07, 6.45) is 1.83. The topological polar surface area (TPSA) is 63.6 Å². The fourth-order valence-electron chi connectivity index (χ4n) is 2.27. The first-order valence-corrected chi connectivity index (χ1v) is 8.10. The minimum Gasteiger partial charge on any atom is -0.481 e. The first-order valence-electron chi connectivity index (χ1n) is 8.10. The van der Waals surface area contributed by atoms with Gasteiger partial charge >= 0.3 is 11.9 Å². The molecule has 0 amide bonds. The van der Waals surface area contributed by atoms with Crippen molar-refractivity contribution in [2.24, 2.45) is 5.92 Å². The fraction of sp³-hybridized carbons (Fsp3) is 0.500. The lowest BCUT2D eigenvalue weighted by Gasteiger charge is -2.30. The van der Waals surface area contributed by atoms with E-state index in [2.05, 4.69) is 0 Å². The summed E-state index contributed by atoms with van der Waals surface area (Å²) in [6.45, 7) is 12.6. The number of benzene rings is 1. The molecule has 1 unspecified atom stereocenters. The minimum atomic E-state index is -0.868. The lowest BCUT2D eigenvalue weighted by molar-refractivity contribution is -0.160. The Labute approximate surface area is 144 Å². The van der Waals surface area contributed by atoms with Crippen molar-refractivity contribution >= 4 is 18.0 Å². The number of rotatable bonds is 5. The van der Waals surface area contributed by atoms with E-state index in [1.54, 1.807) is 13.8 Å². The van der Waals surface area contributed by atoms with Crippen LogP contribution in [0, 0.1) is 5.92 Å². The van der Waals surface area contributed by atoms with Crippen LogP contribution < -0.4 is 0 Å². The summed E-state index contributed by atoms with van der Waals surface area (Å²) in [7, 11) is 0. The molecule has 4 nitrogen and oxygen atoms in total. The number of carboxylic acids is 1. The highest BCUT2D eigenvalue weighted by Gasteiger charge is 2.35. The third-order valence-corrected chi connectivity index (χ3v) is 3.98. The Morgan fingerprint density at radius 2 is 1.67 bits per heavy atom.